The summed E-state index contributed by atoms with van der Waals surface area (Å²) in [5.41, 5.74) is 7.82. The monoisotopic (exact) mass is 653 g/mol. The molecule has 1 N–H and O–H groups in total. The van der Waals surface area contributed by atoms with Gasteiger partial charge in [-0.05, 0) is 93.7 Å². The smallest absolute Gasteiger partial charge is 0.479 e. The van der Waals surface area contributed by atoms with Gasteiger partial charge in [0.15, 0.2) is 6.10 Å². The Morgan fingerprint density at radius 1 is 0.979 bits per heavy atom. The van der Waals surface area contributed by atoms with Crippen LogP contribution in [0.1, 0.15) is 87.2 Å². The minimum Gasteiger partial charge on any atom is -0.479 e. The van der Waals surface area contributed by atoms with E-state index in [9.17, 15) is 23.1 Å². The number of halogens is 3. The molecule has 0 spiro atoms. The highest BCUT2D eigenvalue weighted by Crippen LogP contribution is 2.45. The molecule has 1 aromatic heterocycles. The number of pyridine rings is 1. The van der Waals surface area contributed by atoms with E-state index < -0.39 is 24.0 Å². The molecule has 7 nitrogen and oxygen atoms in total. The Hall–Kier alpha value is -3.63. The van der Waals surface area contributed by atoms with Crippen LogP contribution in [0.15, 0.2) is 42.5 Å². The number of rotatable bonds is 8. The van der Waals surface area contributed by atoms with Crippen molar-refractivity contribution in [2.75, 3.05) is 24.5 Å². The quantitative estimate of drug-likeness (QED) is 0.262. The van der Waals surface area contributed by atoms with Gasteiger partial charge in [-0.25, -0.2) is 4.79 Å². The van der Waals surface area contributed by atoms with Crippen molar-refractivity contribution >= 4 is 11.7 Å². The summed E-state index contributed by atoms with van der Waals surface area (Å²) in [5.74, 6) is -1.26. The van der Waals surface area contributed by atoms with Gasteiger partial charge in [0.05, 0.1) is 11.3 Å². The van der Waals surface area contributed by atoms with Gasteiger partial charge in [-0.2, -0.15) is 0 Å². The van der Waals surface area contributed by atoms with E-state index in [4.69, 9.17) is 9.72 Å². The van der Waals surface area contributed by atoms with Gasteiger partial charge in [-0.1, -0.05) is 44.2 Å². The molecule has 2 aliphatic heterocycles. The second-order valence-electron chi connectivity index (χ2n) is 14.7. The first-order valence-corrected chi connectivity index (χ1v) is 16.2. The van der Waals surface area contributed by atoms with E-state index in [1.54, 1.807) is 12.1 Å². The van der Waals surface area contributed by atoms with Crippen LogP contribution in [0.5, 0.6) is 5.75 Å². The number of aromatic nitrogens is 1. The fourth-order valence-corrected chi connectivity index (χ4v) is 6.71. The lowest BCUT2D eigenvalue weighted by molar-refractivity contribution is -0.274. The summed E-state index contributed by atoms with van der Waals surface area (Å²) in [6.45, 7) is 17.8. The van der Waals surface area contributed by atoms with Crippen LogP contribution in [0.2, 0.25) is 0 Å². The molecule has 3 heterocycles. The molecule has 254 valence electrons. The summed E-state index contributed by atoms with van der Waals surface area (Å²) in [5, 5.41) is 10.5. The van der Waals surface area contributed by atoms with E-state index in [0.717, 1.165) is 67.0 Å². The molecule has 3 aromatic rings. The van der Waals surface area contributed by atoms with Gasteiger partial charge in [0.2, 0.25) is 0 Å². The number of nitrogens with zero attached hydrogens (tertiary/aromatic N) is 3. The molecule has 5 rings (SSSR count). The van der Waals surface area contributed by atoms with Crippen molar-refractivity contribution in [1.29, 1.82) is 0 Å². The first-order chi connectivity index (χ1) is 21.9. The summed E-state index contributed by atoms with van der Waals surface area (Å²) >= 11 is 0. The largest absolute Gasteiger partial charge is 0.573 e. The van der Waals surface area contributed by atoms with Gasteiger partial charge in [-0.3, -0.25) is 9.88 Å². The molecular weight excluding hydrogens is 607 g/mol. The highest BCUT2D eigenvalue weighted by molar-refractivity contribution is 5.88. The molecule has 10 heteroatoms. The van der Waals surface area contributed by atoms with Gasteiger partial charge in [-0.15, -0.1) is 13.2 Å². The molecule has 0 radical (unpaired) electrons. The Kier molecular flexibility index (Phi) is 9.68. The third-order valence-electron chi connectivity index (χ3n) is 9.12. The summed E-state index contributed by atoms with van der Waals surface area (Å²) in [4.78, 5) is 22.3. The number of anilines is 1. The Balaban J connectivity index is 1.48. The molecule has 1 atom stereocenters. The number of ether oxygens (including phenoxy) is 2. The van der Waals surface area contributed by atoms with E-state index in [1.165, 1.54) is 23.3 Å². The van der Waals surface area contributed by atoms with Crippen molar-refractivity contribution < 1.29 is 32.5 Å². The predicted octanol–water partition coefficient (Wildman–Crippen LogP) is 8.39. The molecule has 1 saturated heterocycles. The van der Waals surface area contributed by atoms with Crippen LogP contribution in [0, 0.1) is 19.3 Å². The molecule has 0 bridgehead atoms. The maximum absolute atomic E-state index is 12.8. The maximum atomic E-state index is 12.8. The topological polar surface area (TPSA) is 75.1 Å². The first-order valence-electron chi connectivity index (χ1n) is 16.2. The molecule has 1 fully saturated rings. The fourth-order valence-electron chi connectivity index (χ4n) is 6.71. The number of alkyl halides is 3. The van der Waals surface area contributed by atoms with Crippen molar-refractivity contribution in [3.05, 3.63) is 76.1 Å². The molecule has 2 aromatic carbocycles. The number of aliphatic carboxylic acids is 1. The number of hydrogen-bond acceptors (Lipinski definition) is 6. The van der Waals surface area contributed by atoms with E-state index >= 15 is 0 Å². The van der Waals surface area contributed by atoms with Crippen LogP contribution in [0.25, 0.3) is 11.1 Å². The number of aryl methyl sites for hydroxylation is 2. The summed E-state index contributed by atoms with van der Waals surface area (Å²) in [6.07, 6.45) is -3.10. The predicted molar refractivity (Wildman–Crippen MR) is 177 cm³/mol. The second kappa shape index (κ2) is 13.1. The Morgan fingerprint density at radius 2 is 1.64 bits per heavy atom. The Morgan fingerprint density at radius 3 is 2.23 bits per heavy atom. The number of carbonyl (C=O) groups is 1. The van der Waals surface area contributed by atoms with E-state index in [1.807, 2.05) is 34.6 Å². The lowest BCUT2D eigenvalue weighted by Crippen LogP contribution is -2.39. The number of fused-ring (bicyclic) bond motifs is 1. The fraction of sp³-hybridized carbons (Fsp3) is 0.514. The van der Waals surface area contributed by atoms with Crippen molar-refractivity contribution in [2.24, 2.45) is 5.41 Å². The molecule has 0 saturated carbocycles. The minimum absolute atomic E-state index is 0.207. The highest BCUT2D eigenvalue weighted by atomic mass is 19.4. The zero-order valence-electron chi connectivity index (χ0n) is 28.4. The lowest BCUT2D eigenvalue weighted by Gasteiger charge is -2.41. The molecule has 0 amide bonds. The molecule has 0 aliphatic carbocycles. The maximum Gasteiger partial charge on any atom is 0.573 e. The van der Waals surface area contributed by atoms with Crippen LogP contribution in [-0.4, -0.2) is 52.6 Å². The normalized spacial score (nSPS) is 17.7. The van der Waals surface area contributed by atoms with Crippen molar-refractivity contribution in [2.45, 2.75) is 98.9 Å². The number of carboxylic acid groups (broad SMARTS) is 1. The number of hydrogen-bond donors (Lipinski definition) is 1. The van der Waals surface area contributed by atoms with Crippen molar-refractivity contribution in [3.8, 4) is 16.9 Å². The SMILES string of the molecule is Cc1nc(C)c(C(OC(C)(C)C)C(=O)O)c(N2CCC(C)(C)CC2)c1-c1ccc2c(c1)CCN(Cc1ccc(OC(F)(F)F)cc1)C2. The second-order valence-corrected chi connectivity index (χ2v) is 14.7. The number of carboxylic acids is 1. The van der Waals surface area contributed by atoms with E-state index in [2.05, 4.69) is 46.6 Å². The number of benzene rings is 2. The summed E-state index contributed by atoms with van der Waals surface area (Å²) in [6, 6.07) is 12.5. The molecular formula is C37H46F3N3O4. The average molecular weight is 654 g/mol. The lowest BCUT2D eigenvalue weighted by atomic mass is 9.81. The van der Waals surface area contributed by atoms with Gasteiger partial charge in [0.1, 0.15) is 5.75 Å². The summed E-state index contributed by atoms with van der Waals surface area (Å²) < 4.78 is 47.9. The van der Waals surface area contributed by atoms with Crippen molar-refractivity contribution in [3.63, 3.8) is 0 Å². The minimum atomic E-state index is -4.71. The molecule has 47 heavy (non-hydrogen) atoms. The van der Waals surface area contributed by atoms with Crippen LogP contribution in [-0.2, 0) is 29.0 Å². The standard InChI is InChI=1S/C37H46F3N3O4/c1-23-30(32(43-18-15-36(6,7)16-19-43)31(24(2)41-23)33(34(44)45)47-35(3,4)5)27-10-11-28-22-42(17-14-26(28)20-27)21-25-8-12-29(13-9-25)46-37(38,39)40/h8-13,20,33H,14-19,21-22H2,1-7H3,(H,44,45). The van der Waals surface area contributed by atoms with Gasteiger partial charge < -0.3 is 19.5 Å². The van der Waals surface area contributed by atoms with Crippen LogP contribution >= 0.6 is 0 Å². The first kappa shape index (κ1) is 34.7. The zero-order chi connectivity index (χ0) is 34.3. The van der Waals surface area contributed by atoms with Crippen LogP contribution in [0.4, 0.5) is 18.9 Å². The van der Waals surface area contributed by atoms with Crippen LogP contribution in [0.3, 0.4) is 0 Å². The summed E-state index contributed by atoms with van der Waals surface area (Å²) in [7, 11) is 0. The zero-order valence-corrected chi connectivity index (χ0v) is 28.4. The van der Waals surface area contributed by atoms with Gasteiger partial charge in [0, 0.05) is 55.2 Å². The Bertz CT molecular complexity index is 1600. The van der Waals surface area contributed by atoms with Gasteiger partial charge in [0.25, 0.3) is 0 Å². The van der Waals surface area contributed by atoms with E-state index in [0.29, 0.717) is 24.3 Å². The third-order valence-corrected chi connectivity index (χ3v) is 9.12. The molecule has 1 unspecified atom stereocenters. The average Bonchev–Trinajstić information content (AvgIpc) is 2.95. The van der Waals surface area contributed by atoms with E-state index in [-0.39, 0.29) is 11.2 Å². The van der Waals surface area contributed by atoms with Crippen LogP contribution < -0.4 is 9.64 Å². The third kappa shape index (κ3) is 8.46. The van der Waals surface area contributed by atoms with Gasteiger partial charge >= 0.3 is 12.3 Å². The highest BCUT2D eigenvalue weighted by Gasteiger charge is 2.37. The number of piperidine rings is 1. The Labute approximate surface area is 275 Å². The molecule has 2 aliphatic rings. The van der Waals surface area contributed by atoms with Crippen molar-refractivity contribution in [1.82, 2.24) is 9.88 Å².